The van der Waals surface area contributed by atoms with Crippen LogP contribution in [0.4, 0.5) is 0 Å². The van der Waals surface area contributed by atoms with E-state index in [-0.39, 0.29) is 5.78 Å². The summed E-state index contributed by atoms with van der Waals surface area (Å²) in [5.74, 6) is 0.823. The molecule has 0 radical (unpaired) electrons. The lowest BCUT2D eigenvalue weighted by Gasteiger charge is -2.00. The van der Waals surface area contributed by atoms with E-state index < -0.39 is 0 Å². The number of rotatable bonds is 3. The fourth-order valence-corrected chi connectivity index (χ4v) is 2.01. The zero-order valence-corrected chi connectivity index (χ0v) is 9.27. The number of ketones is 1. The third-order valence-corrected chi connectivity index (χ3v) is 2.85. The molecule has 1 aliphatic heterocycles. The maximum absolute atomic E-state index is 12.1. The van der Waals surface area contributed by atoms with Crippen LogP contribution in [0.1, 0.15) is 16.8 Å². The molecule has 4 heteroatoms. The van der Waals surface area contributed by atoms with Crippen LogP contribution in [0.2, 0.25) is 0 Å². The number of Topliss-reactive ketones (excluding diaryl/α,β-unsaturated/α-hetero) is 1. The minimum Gasteiger partial charge on any atom is -0.464 e. The van der Waals surface area contributed by atoms with Gasteiger partial charge in [0.05, 0.1) is 18.5 Å². The number of carbonyl (C=O) groups excluding carboxylic acids is 1. The standard InChI is InChI=1S/C13H12N2O2/c16-11(7-13-14-5-6-15-13)10-8-17-12-4-2-1-3-9(10)12/h1-4,8H,5-7H2,(H,14,15). The molecule has 1 aromatic heterocycles. The molecule has 0 saturated carbocycles. The van der Waals surface area contributed by atoms with Gasteiger partial charge in [0.25, 0.3) is 0 Å². The molecule has 0 fully saturated rings. The Morgan fingerprint density at radius 2 is 2.29 bits per heavy atom. The third kappa shape index (κ3) is 1.82. The number of nitrogens with one attached hydrogen (secondary N) is 1. The molecule has 1 aromatic carbocycles. The number of amidine groups is 1. The maximum atomic E-state index is 12.1. The average Bonchev–Trinajstić information content (AvgIpc) is 2.96. The second kappa shape index (κ2) is 4.05. The number of carbonyl (C=O) groups is 1. The Morgan fingerprint density at radius 3 is 3.12 bits per heavy atom. The smallest absolute Gasteiger partial charge is 0.174 e. The molecule has 0 atom stereocenters. The monoisotopic (exact) mass is 228 g/mol. The second-order valence-corrected chi connectivity index (χ2v) is 4.00. The Hall–Kier alpha value is -2.10. The second-order valence-electron chi connectivity index (χ2n) is 4.00. The summed E-state index contributed by atoms with van der Waals surface area (Å²) >= 11 is 0. The van der Waals surface area contributed by atoms with Gasteiger partial charge < -0.3 is 9.73 Å². The predicted octanol–water partition coefficient (Wildman–Crippen LogP) is 2.01. The average molecular weight is 228 g/mol. The van der Waals surface area contributed by atoms with Crippen molar-refractivity contribution in [2.45, 2.75) is 6.42 Å². The van der Waals surface area contributed by atoms with E-state index in [1.165, 1.54) is 6.26 Å². The number of aliphatic imine (C=N–C) groups is 1. The van der Waals surface area contributed by atoms with Gasteiger partial charge in [-0.1, -0.05) is 18.2 Å². The lowest BCUT2D eigenvalue weighted by Crippen LogP contribution is -2.21. The summed E-state index contributed by atoms with van der Waals surface area (Å²) in [6.45, 7) is 1.59. The molecule has 0 amide bonds. The summed E-state index contributed by atoms with van der Waals surface area (Å²) in [6, 6.07) is 7.55. The van der Waals surface area contributed by atoms with E-state index in [9.17, 15) is 4.79 Å². The Labute approximate surface area is 98.3 Å². The van der Waals surface area contributed by atoms with Gasteiger partial charge in [0.15, 0.2) is 5.78 Å². The van der Waals surface area contributed by atoms with Crippen molar-refractivity contribution in [3.63, 3.8) is 0 Å². The van der Waals surface area contributed by atoms with Crippen LogP contribution < -0.4 is 5.32 Å². The van der Waals surface area contributed by atoms with E-state index >= 15 is 0 Å². The van der Waals surface area contributed by atoms with E-state index in [1.807, 2.05) is 24.3 Å². The lowest BCUT2D eigenvalue weighted by atomic mass is 10.1. The van der Waals surface area contributed by atoms with Gasteiger partial charge >= 0.3 is 0 Å². The Kier molecular flexibility index (Phi) is 2.40. The minimum absolute atomic E-state index is 0.0445. The molecular weight excluding hydrogens is 216 g/mol. The van der Waals surface area contributed by atoms with Gasteiger partial charge in [-0.3, -0.25) is 9.79 Å². The minimum atomic E-state index is 0.0445. The van der Waals surface area contributed by atoms with Crippen LogP contribution in [-0.2, 0) is 0 Å². The van der Waals surface area contributed by atoms with Crippen LogP contribution in [0.3, 0.4) is 0 Å². The van der Waals surface area contributed by atoms with E-state index in [0.717, 1.165) is 29.9 Å². The predicted molar refractivity (Wildman–Crippen MR) is 65.5 cm³/mol. The van der Waals surface area contributed by atoms with Crippen molar-refractivity contribution in [3.05, 3.63) is 36.1 Å². The Bertz CT molecular complexity index is 598. The summed E-state index contributed by atoms with van der Waals surface area (Å²) in [5, 5.41) is 3.97. The highest BCUT2D eigenvalue weighted by atomic mass is 16.3. The molecule has 0 bridgehead atoms. The number of nitrogens with zero attached hydrogens (tertiary/aromatic N) is 1. The molecular formula is C13H12N2O2. The van der Waals surface area contributed by atoms with E-state index in [1.54, 1.807) is 0 Å². The molecule has 1 N–H and O–H groups in total. The van der Waals surface area contributed by atoms with Crippen LogP contribution in [0, 0.1) is 0 Å². The number of para-hydroxylation sites is 1. The fraction of sp³-hybridized carbons (Fsp3) is 0.231. The van der Waals surface area contributed by atoms with Gasteiger partial charge in [-0.15, -0.1) is 0 Å². The summed E-state index contributed by atoms with van der Waals surface area (Å²) in [7, 11) is 0. The van der Waals surface area contributed by atoms with Gasteiger partial charge in [-0.05, 0) is 6.07 Å². The number of hydrogen-bond acceptors (Lipinski definition) is 4. The zero-order chi connectivity index (χ0) is 11.7. The first-order chi connectivity index (χ1) is 8.34. The molecule has 17 heavy (non-hydrogen) atoms. The highest BCUT2D eigenvalue weighted by Gasteiger charge is 2.16. The van der Waals surface area contributed by atoms with Gasteiger partial charge in [0, 0.05) is 11.9 Å². The summed E-state index contributed by atoms with van der Waals surface area (Å²) in [6.07, 6.45) is 1.85. The highest BCUT2D eigenvalue weighted by Crippen LogP contribution is 2.21. The topological polar surface area (TPSA) is 54.6 Å². The first-order valence-corrected chi connectivity index (χ1v) is 5.61. The Balaban J connectivity index is 1.90. The fourth-order valence-electron chi connectivity index (χ4n) is 2.01. The third-order valence-electron chi connectivity index (χ3n) is 2.85. The summed E-state index contributed by atoms with van der Waals surface area (Å²) in [4.78, 5) is 16.3. The Morgan fingerprint density at radius 1 is 1.41 bits per heavy atom. The lowest BCUT2D eigenvalue weighted by molar-refractivity contribution is 0.100. The molecule has 0 saturated heterocycles. The summed E-state index contributed by atoms with van der Waals surface area (Å²) in [5.41, 5.74) is 1.38. The van der Waals surface area contributed by atoms with E-state index in [0.29, 0.717) is 12.0 Å². The highest BCUT2D eigenvalue weighted by molar-refractivity contribution is 6.14. The molecule has 0 aliphatic carbocycles. The normalized spacial score (nSPS) is 14.7. The summed E-state index contributed by atoms with van der Waals surface area (Å²) < 4.78 is 5.35. The van der Waals surface area contributed by atoms with Crippen molar-refractivity contribution in [2.75, 3.05) is 13.1 Å². The molecule has 2 aromatic rings. The number of hydrogen-bond donors (Lipinski definition) is 1. The molecule has 0 spiro atoms. The van der Waals surface area contributed by atoms with E-state index in [2.05, 4.69) is 10.3 Å². The van der Waals surface area contributed by atoms with Gasteiger partial charge in [0.2, 0.25) is 0 Å². The van der Waals surface area contributed by atoms with Crippen LogP contribution in [-0.4, -0.2) is 24.7 Å². The zero-order valence-electron chi connectivity index (χ0n) is 9.27. The van der Waals surface area contributed by atoms with Crippen molar-refractivity contribution in [1.29, 1.82) is 0 Å². The first-order valence-electron chi connectivity index (χ1n) is 5.61. The van der Waals surface area contributed by atoms with E-state index in [4.69, 9.17) is 4.42 Å². The van der Waals surface area contributed by atoms with Crippen LogP contribution in [0.5, 0.6) is 0 Å². The van der Waals surface area contributed by atoms with Gasteiger partial charge in [-0.2, -0.15) is 0 Å². The number of benzene rings is 1. The molecule has 3 rings (SSSR count). The van der Waals surface area contributed by atoms with Crippen LogP contribution in [0.15, 0.2) is 39.9 Å². The molecule has 1 aliphatic rings. The van der Waals surface area contributed by atoms with Crippen molar-refractivity contribution in [1.82, 2.24) is 5.32 Å². The van der Waals surface area contributed by atoms with Gasteiger partial charge in [-0.25, -0.2) is 0 Å². The van der Waals surface area contributed by atoms with Crippen molar-refractivity contribution in [3.8, 4) is 0 Å². The maximum Gasteiger partial charge on any atom is 0.174 e. The molecule has 86 valence electrons. The van der Waals surface area contributed by atoms with Crippen molar-refractivity contribution in [2.24, 2.45) is 4.99 Å². The number of furan rings is 1. The molecule has 4 nitrogen and oxygen atoms in total. The van der Waals surface area contributed by atoms with Gasteiger partial charge in [0.1, 0.15) is 17.7 Å². The molecule has 2 heterocycles. The van der Waals surface area contributed by atoms with Crippen molar-refractivity contribution >= 4 is 22.6 Å². The molecule has 0 unspecified atom stereocenters. The van der Waals surface area contributed by atoms with Crippen LogP contribution >= 0.6 is 0 Å². The van der Waals surface area contributed by atoms with Crippen LogP contribution in [0.25, 0.3) is 11.0 Å². The number of fused-ring (bicyclic) bond motifs is 1. The SMILES string of the molecule is O=C(CC1=NCCN1)c1coc2ccccc12. The first kappa shape index (κ1) is 10.1. The quantitative estimate of drug-likeness (QED) is 0.817. The largest absolute Gasteiger partial charge is 0.464 e. The van der Waals surface area contributed by atoms with Crippen molar-refractivity contribution < 1.29 is 9.21 Å².